The van der Waals surface area contributed by atoms with Gasteiger partial charge in [0.05, 0.1) is 17.6 Å². The lowest BCUT2D eigenvalue weighted by molar-refractivity contribution is 0.705. The molecule has 2 rings (SSSR count). The molecule has 0 aliphatic carbocycles. The number of benzene rings is 1. The second kappa shape index (κ2) is 5.84. The second-order valence-electron chi connectivity index (χ2n) is 3.64. The van der Waals surface area contributed by atoms with Crippen molar-refractivity contribution in [3.63, 3.8) is 0 Å². The van der Waals surface area contributed by atoms with Crippen LogP contribution in [0.1, 0.15) is 12.6 Å². The molecule has 2 aromatic rings. The van der Waals surface area contributed by atoms with Crippen molar-refractivity contribution in [1.82, 2.24) is 20.3 Å². The Bertz CT molecular complexity index is 481. The lowest BCUT2D eigenvalue weighted by atomic mass is 10.3. The van der Waals surface area contributed by atoms with Crippen LogP contribution in [0.3, 0.4) is 0 Å². The van der Waals surface area contributed by atoms with Crippen LogP contribution in [0.4, 0.5) is 0 Å². The molecule has 1 aromatic carbocycles. The molecule has 0 aliphatic heterocycles. The quantitative estimate of drug-likeness (QED) is 0.823. The van der Waals surface area contributed by atoms with Crippen LogP contribution in [0, 0.1) is 0 Å². The first-order valence-corrected chi connectivity index (χ1v) is 6.82. The first kappa shape index (κ1) is 12.1. The number of hydrogen-bond acceptors (Lipinski definition) is 4. The summed E-state index contributed by atoms with van der Waals surface area (Å²) in [7, 11) is 0. The first-order chi connectivity index (χ1) is 8.33. The zero-order chi connectivity index (χ0) is 12.1. The normalized spacial score (nSPS) is 10.7. The molecule has 1 heterocycles. The first-order valence-electron chi connectivity index (χ1n) is 5.60. The largest absolute Gasteiger partial charge is 0.311 e. The van der Waals surface area contributed by atoms with Gasteiger partial charge < -0.3 is 5.32 Å². The summed E-state index contributed by atoms with van der Waals surface area (Å²) in [5.74, 6) is 0. The molecule has 0 radical (unpaired) electrons. The van der Waals surface area contributed by atoms with Crippen molar-refractivity contribution in [1.29, 1.82) is 0 Å². The molecular formula is C12H16N4S. The van der Waals surface area contributed by atoms with E-state index in [1.165, 1.54) is 4.90 Å². The number of nitrogens with one attached hydrogen (secondary N) is 1. The van der Waals surface area contributed by atoms with Crippen LogP contribution >= 0.6 is 11.8 Å². The molecule has 0 spiro atoms. The van der Waals surface area contributed by atoms with Crippen LogP contribution in [0.15, 0.2) is 35.4 Å². The SMILES string of the molecule is CCNCc1cn(-c2cccc(SC)c2)nn1. The molecule has 5 heteroatoms. The van der Waals surface area contributed by atoms with E-state index in [4.69, 9.17) is 0 Å². The Morgan fingerprint density at radius 3 is 3.06 bits per heavy atom. The molecule has 0 atom stereocenters. The van der Waals surface area contributed by atoms with Crippen molar-refractivity contribution < 1.29 is 0 Å². The van der Waals surface area contributed by atoms with Gasteiger partial charge in [0.1, 0.15) is 0 Å². The number of thioether (sulfide) groups is 1. The van der Waals surface area contributed by atoms with Crippen molar-refractivity contribution in [2.75, 3.05) is 12.8 Å². The van der Waals surface area contributed by atoms with Gasteiger partial charge in [-0.25, -0.2) is 4.68 Å². The number of aromatic nitrogens is 3. The highest BCUT2D eigenvalue weighted by atomic mass is 32.2. The maximum Gasteiger partial charge on any atom is 0.0969 e. The van der Waals surface area contributed by atoms with Gasteiger partial charge in [-0.2, -0.15) is 0 Å². The van der Waals surface area contributed by atoms with E-state index >= 15 is 0 Å². The van der Waals surface area contributed by atoms with Gasteiger partial charge in [-0.1, -0.05) is 18.2 Å². The number of rotatable bonds is 5. The summed E-state index contributed by atoms with van der Waals surface area (Å²) in [5.41, 5.74) is 2.01. The smallest absolute Gasteiger partial charge is 0.0969 e. The Morgan fingerprint density at radius 2 is 2.29 bits per heavy atom. The van der Waals surface area contributed by atoms with Crippen LogP contribution in [-0.2, 0) is 6.54 Å². The molecule has 4 nitrogen and oxygen atoms in total. The molecule has 1 N–H and O–H groups in total. The van der Waals surface area contributed by atoms with E-state index in [1.807, 2.05) is 23.0 Å². The molecule has 0 bridgehead atoms. The Labute approximate surface area is 105 Å². The van der Waals surface area contributed by atoms with Gasteiger partial charge in [0.25, 0.3) is 0 Å². The fourth-order valence-electron chi connectivity index (χ4n) is 1.51. The summed E-state index contributed by atoms with van der Waals surface area (Å²) in [6, 6.07) is 8.26. The fraction of sp³-hybridized carbons (Fsp3) is 0.333. The van der Waals surface area contributed by atoms with Crippen LogP contribution in [0.5, 0.6) is 0 Å². The van der Waals surface area contributed by atoms with E-state index in [2.05, 4.69) is 40.9 Å². The predicted octanol–water partition coefficient (Wildman–Crippen LogP) is 2.10. The van der Waals surface area contributed by atoms with Crippen LogP contribution in [-0.4, -0.2) is 27.8 Å². The third-order valence-electron chi connectivity index (χ3n) is 2.41. The van der Waals surface area contributed by atoms with Gasteiger partial charge in [0.15, 0.2) is 0 Å². The van der Waals surface area contributed by atoms with E-state index in [9.17, 15) is 0 Å². The van der Waals surface area contributed by atoms with Crippen molar-refractivity contribution in [2.24, 2.45) is 0 Å². The van der Waals surface area contributed by atoms with E-state index in [1.54, 1.807) is 11.8 Å². The van der Waals surface area contributed by atoms with Gasteiger partial charge in [-0.3, -0.25) is 0 Å². The summed E-state index contributed by atoms with van der Waals surface area (Å²) >= 11 is 1.72. The second-order valence-corrected chi connectivity index (χ2v) is 4.52. The Kier molecular flexibility index (Phi) is 4.17. The highest BCUT2D eigenvalue weighted by molar-refractivity contribution is 7.98. The average Bonchev–Trinajstić information content (AvgIpc) is 2.85. The highest BCUT2D eigenvalue weighted by Gasteiger charge is 2.02. The van der Waals surface area contributed by atoms with Crippen molar-refractivity contribution in [3.8, 4) is 5.69 Å². The summed E-state index contributed by atoms with van der Waals surface area (Å²) in [6.07, 6.45) is 4.03. The standard InChI is InChI=1S/C12H16N4S/c1-3-13-8-10-9-16(15-14-10)11-5-4-6-12(7-11)17-2/h4-7,9,13H,3,8H2,1-2H3. The minimum Gasteiger partial charge on any atom is -0.311 e. The number of hydrogen-bond donors (Lipinski definition) is 1. The lowest BCUT2D eigenvalue weighted by Crippen LogP contribution is -2.11. The zero-order valence-corrected chi connectivity index (χ0v) is 10.9. The summed E-state index contributed by atoms with van der Waals surface area (Å²) in [6.45, 7) is 3.78. The minimum absolute atomic E-state index is 0.763. The molecule has 0 saturated carbocycles. The molecule has 0 unspecified atom stereocenters. The Morgan fingerprint density at radius 1 is 1.41 bits per heavy atom. The fourth-order valence-corrected chi connectivity index (χ4v) is 1.96. The van der Waals surface area contributed by atoms with Crippen molar-refractivity contribution in [2.45, 2.75) is 18.4 Å². The topological polar surface area (TPSA) is 42.7 Å². The Balaban J connectivity index is 2.18. The molecular weight excluding hydrogens is 232 g/mol. The lowest BCUT2D eigenvalue weighted by Gasteiger charge is -2.01. The molecule has 0 saturated heterocycles. The van der Waals surface area contributed by atoms with Crippen LogP contribution < -0.4 is 5.32 Å². The molecule has 0 amide bonds. The number of nitrogens with zero attached hydrogens (tertiary/aromatic N) is 3. The molecule has 0 fully saturated rings. The van der Waals surface area contributed by atoms with Gasteiger partial charge in [0, 0.05) is 11.4 Å². The predicted molar refractivity (Wildman–Crippen MR) is 70.5 cm³/mol. The van der Waals surface area contributed by atoms with Crippen LogP contribution in [0.2, 0.25) is 0 Å². The molecule has 90 valence electrons. The maximum absolute atomic E-state index is 4.13. The third kappa shape index (κ3) is 3.08. The molecule has 17 heavy (non-hydrogen) atoms. The third-order valence-corrected chi connectivity index (χ3v) is 3.14. The average molecular weight is 248 g/mol. The molecule has 1 aromatic heterocycles. The monoisotopic (exact) mass is 248 g/mol. The van der Waals surface area contributed by atoms with Crippen molar-refractivity contribution >= 4 is 11.8 Å². The Hall–Kier alpha value is -1.33. The van der Waals surface area contributed by atoms with Gasteiger partial charge >= 0.3 is 0 Å². The summed E-state index contributed by atoms with van der Waals surface area (Å²) in [5, 5.41) is 11.5. The van der Waals surface area contributed by atoms with E-state index in [0.717, 1.165) is 24.5 Å². The molecule has 0 aliphatic rings. The van der Waals surface area contributed by atoms with Gasteiger partial charge in [-0.15, -0.1) is 16.9 Å². The van der Waals surface area contributed by atoms with Crippen LogP contribution in [0.25, 0.3) is 5.69 Å². The summed E-state index contributed by atoms with van der Waals surface area (Å²) < 4.78 is 1.81. The van der Waals surface area contributed by atoms with Crippen molar-refractivity contribution in [3.05, 3.63) is 36.2 Å². The minimum atomic E-state index is 0.763. The maximum atomic E-state index is 4.13. The van der Waals surface area contributed by atoms with E-state index < -0.39 is 0 Å². The summed E-state index contributed by atoms with van der Waals surface area (Å²) in [4.78, 5) is 1.23. The van der Waals surface area contributed by atoms with Gasteiger partial charge in [-0.05, 0) is 31.0 Å². The van der Waals surface area contributed by atoms with E-state index in [0.29, 0.717) is 0 Å². The highest BCUT2D eigenvalue weighted by Crippen LogP contribution is 2.17. The van der Waals surface area contributed by atoms with E-state index in [-0.39, 0.29) is 0 Å². The van der Waals surface area contributed by atoms with Gasteiger partial charge in [0.2, 0.25) is 0 Å². The zero-order valence-electron chi connectivity index (χ0n) is 10.1.